The second-order valence-electron chi connectivity index (χ2n) is 6.74. The molecule has 5 nitrogen and oxygen atoms in total. The molecule has 3 aromatic rings. The maximum absolute atomic E-state index is 13.2. The van der Waals surface area contributed by atoms with Gasteiger partial charge in [0.15, 0.2) is 0 Å². The van der Waals surface area contributed by atoms with Gasteiger partial charge in [0, 0.05) is 26.0 Å². The average Bonchev–Trinajstić information content (AvgIpc) is 3.07. The molecule has 0 spiro atoms. The van der Waals surface area contributed by atoms with E-state index in [1.165, 1.54) is 11.3 Å². The highest BCUT2D eigenvalue weighted by Gasteiger charge is 2.17. The molecule has 0 saturated carbocycles. The number of hydrogen-bond acceptors (Lipinski definition) is 5. The molecule has 0 amide bonds. The third-order valence-corrected chi connectivity index (χ3v) is 5.16. The first-order valence-electron chi connectivity index (χ1n) is 9.79. The van der Waals surface area contributed by atoms with E-state index in [9.17, 15) is 4.79 Å². The third kappa shape index (κ3) is 4.33. The number of rotatable bonds is 5. The molecular formula is C22H30N4OS. The summed E-state index contributed by atoms with van der Waals surface area (Å²) in [6.45, 7) is 10.3. The predicted molar refractivity (Wildman–Crippen MR) is 123 cm³/mol. The van der Waals surface area contributed by atoms with Crippen molar-refractivity contribution < 1.29 is 0 Å². The van der Waals surface area contributed by atoms with Gasteiger partial charge < -0.3 is 4.90 Å². The van der Waals surface area contributed by atoms with Crippen molar-refractivity contribution in [2.24, 2.45) is 5.92 Å². The fourth-order valence-corrected chi connectivity index (χ4v) is 3.89. The van der Waals surface area contributed by atoms with Crippen LogP contribution in [0.25, 0.3) is 26.1 Å². The normalized spacial score (nSPS) is 12.1. The van der Waals surface area contributed by atoms with Crippen LogP contribution >= 0.6 is 11.3 Å². The highest BCUT2D eigenvalue weighted by atomic mass is 32.1. The summed E-state index contributed by atoms with van der Waals surface area (Å²) in [4.78, 5) is 25.1. The quantitative estimate of drug-likeness (QED) is 0.528. The van der Waals surface area contributed by atoms with Crippen LogP contribution in [-0.4, -0.2) is 28.6 Å². The Balaban J connectivity index is 0.00000136. The zero-order valence-corrected chi connectivity index (χ0v) is 18.7. The molecule has 0 saturated heterocycles. The van der Waals surface area contributed by atoms with Gasteiger partial charge in [0.25, 0.3) is 5.56 Å². The minimum absolute atomic E-state index is 0.0455. The molecule has 0 N–H and O–H groups in total. The Bertz CT molecular complexity index is 1060. The Hall–Kier alpha value is -2.47. The van der Waals surface area contributed by atoms with Crippen LogP contribution in [0.5, 0.6) is 0 Å². The molecule has 3 aromatic heterocycles. The molecule has 0 aliphatic rings. The molecule has 0 aliphatic carbocycles. The lowest BCUT2D eigenvalue weighted by molar-refractivity contribution is 0.830. The lowest BCUT2D eigenvalue weighted by Crippen LogP contribution is -2.18. The van der Waals surface area contributed by atoms with E-state index in [4.69, 9.17) is 0 Å². The Kier molecular flexibility index (Phi) is 7.52. The molecular weight excluding hydrogens is 368 g/mol. The number of pyridine rings is 1. The maximum Gasteiger partial charge on any atom is 0.275 e. The summed E-state index contributed by atoms with van der Waals surface area (Å²) in [5.74, 6) is 0.416. The van der Waals surface area contributed by atoms with Gasteiger partial charge in [0.05, 0.1) is 16.6 Å². The first kappa shape index (κ1) is 21.8. The zero-order valence-electron chi connectivity index (χ0n) is 17.9. The van der Waals surface area contributed by atoms with E-state index in [0.717, 1.165) is 33.5 Å². The summed E-state index contributed by atoms with van der Waals surface area (Å²) in [7, 11) is 3.97. The first-order chi connectivity index (χ1) is 13.4. The van der Waals surface area contributed by atoms with Crippen LogP contribution in [0.2, 0.25) is 0 Å². The molecule has 28 heavy (non-hydrogen) atoms. The standard InChI is InChI=1S/C20H24N4OS.C2H6/c1-6-7-14(9-8-13(2)3)24-12-22-17-16-15(23(4)5)10-11-21-19(16)26-18(17)20(24)25;1-2/h7-13H,6H2,1-5H3;1-2H3/b9-8-,14-7+;. The number of aromatic nitrogens is 3. The zero-order chi connectivity index (χ0) is 20.8. The highest BCUT2D eigenvalue weighted by molar-refractivity contribution is 7.25. The summed E-state index contributed by atoms with van der Waals surface area (Å²) < 4.78 is 2.28. The minimum atomic E-state index is -0.0455. The van der Waals surface area contributed by atoms with Gasteiger partial charge in [-0.15, -0.1) is 11.3 Å². The van der Waals surface area contributed by atoms with E-state index in [-0.39, 0.29) is 5.56 Å². The van der Waals surface area contributed by atoms with Crippen LogP contribution in [0.1, 0.15) is 41.0 Å². The molecule has 0 radical (unpaired) electrons. The molecule has 0 aromatic carbocycles. The van der Waals surface area contributed by atoms with E-state index in [1.807, 2.05) is 51.1 Å². The van der Waals surface area contributed by atoms with Gasteiger partial charge >= 0.3 is 0 Å². The molecule has 0 fully saturated rings. The van der Waals surface area contributed by atoms with Crippen LogP contribution in [-0.2, 0) is 0 Å². The highest BCUT2D eigenvalue weighted by Crippen LogP contribution is 2.35. The number of allylic oxidation sites excluding steroid dienone is 4. The van der Waals surface area contributed by atoms with Gasteiger partial charge in [-0.3, -0.25) is 9.36 Å². The summed E-state index contributed by atoms with van der Waals surface area (Å²) in [6.07, 6.45) is 10.4. The van der Waals surface area contributed by atoms with Crippen molar-refractivity contribution in [2.45, 2.75) is 41.0 Å². The van der Waals surface area contributed by atoms with Gasteiger partial charge in [-0.1, -0.05) is 46.8 Å². The fourth-order valence-electron chi connectivity index (χ4n) is 2.84. The fraction of sp³-hybridized carbons (Fsp3) is 0.409. The van der Waals surface area contributed by atoms with Crippen LogP contribution in [0, 0.1) is 5.92 Å². The Morgan fingerprint density at radius 3 is 2.61 bits per heavy atom. The van der Waals surface area contributed by atoms with Crippen molar-refractivity contribution in [2.75, 3.05) is 19.0 Å². The molecule has 0 atom stereocenters. The van der Waals surface area contributed by atoms with Gasteiger partial charge in [0.1, 0.15) is 15.9 Å². The number of nitrogens with zero attached hydrogens (tertiary/aromatic N) is 4. The Morgan fingerprint density at radius 2 is 2.00 bits per heavy atom. The Morgan fingerprint density at radius 1 is 1.29 bits per heavy atom. The van der Waals surface area contributed by atoms with Crippen molar-refractivity contribution in [1.82, 2.24) is 14.5 Å². The molecule has 0 aliphatic heterocycles. The van der Waals surface area contributed by atoms with E-state index < -0.39 is 0 Å². The molecule has 0 unspecified atom stereocenters. The van der Waals surface area contributed by atoms with Crippen LogP contribution in [0.15, 0.2) is 41.6 Å². The van der Waals surface area contributed by atoms with E-state index in [1.54, 1.807) is 17.1 Å². The van der Waals surface area contributed by atoms with Crippen LogP contribution in [0.4, 0.5) is 5.69 Å². The largest absolute Gasteiger partial charge is 0.377 e. The summed E-state index contributed by atoms with van der Waals surface area (Å²) in [5, 5.41) is 0.945. The number of fused-ring (bicyclic) bond motifs is 3. The van der Waals surface area contributed by atoms with E-state index in [2.05, 4.69) is 36.8 Å². The first-order valence-corrected chi connectivity index (χ1v) is 10.6. The smallest absolute Gasteiger partial charge is 0.275 e. The number of hydrogen-bond donors (Lipinski definition) is 0. The van der Waals surface area contributed by atoms with Gasteiger partial charge in [0.2, 0.25) is 0 Å². The maximum atomic E-state index is 13.2. The van der Waals surface area contributed by atoms with Crippen molar-refractivity contribution in [3.05, 3.63) is 47.2 Å². The SMILES string of the molecule is CC.CC/C=C(\C=C/C(C)C)n1cnc2c(sc3nccc(N(C)C)c32)c1=O. The van der Waals surface area contributed by atoms with E-state index >= 15 is 0 Å². The predicted octanol–water partition coefficient (Wildman–Crippen LogP) is 5.56. The van der Waals surface area contributed by atoms with E-state index in [0.29, 0.717) is 10.6 Å². The average molecular weight is 399 g/mol. The molecule has 150 valence electrons. The van der Waals surface area contributed by atoms with Crippen molar-refractivity contribution in [3.63, 3.8) is 0 Å². The van der Waals surface area contributed by atoms with Crippen molar-refractivity contribution >= 4 is 43.2 Å². The second-order valence-corrected chi connectivity index (χ2v) is 7.74. The number of thiophene rings is 1. The molecule has 0 bridgehead atoms. The topological polar surface area (TPSA) is 51.0 Å². The van der Waals surface area contributed by atoms with Crippen LogP contribution < -0.4 is 10.5 Å². The van der Waals surface area contributed by atoms with Gasteiger partial charge in [-0.05, 0) is 24.5 Å². The monoisotopic (exact) mass is 398 g/mol. The minimum Gasteiger partial charge on any atom is -0.377 e. The van der Waals surface area contributed by atoms with Crippen molar-refractivity contribution in [1.29, 1.82) is 0 Å². The third-order valence-electron chi connectivity index (χ3n) is 4.09. The molecule has 3 heterocycles. The molecule has 3 rings (SSSR count). The summed E-state index contributed by atoms with van der Waals surface area (Å²) in [5.41, 5.74) is 2.57. The molecule has 6 heteroatoms. The Labute approximate surface area is 171 Å². The van der Waals surface area contributed by atoms with Gasteiger partial charge in [-0.2, -0.15) is 0 Å². The van der Waals surface area contributed by atoms with Crippen molar-refractivity contribution in [3.8, 4) is 0 Å². The lowest BCUT2D eigenvalue weighted by atomic mass is 10.2. The van der Waals surface area contributed by atoms with Gasteiger partial charge in [-0.25, -0.2) is 9.97 Å². The number of anilines is 1. The van der Waals surface area contributed by atoms with Crippen LogP contribution in [0.3, 0.4) is 0 Å². The summed E-state index contributed by atoms with van der Waals surface area (Å²) in [6, 6.07) is 1.95. The second kappa shape index (κ2) is 9.64. The lowest BCUT2D eigenvalue weighted by Gasteiger charge is -2.13. The summed E-state index contributed by atoms with van der Waals surface area (Å²) >= 11 is 1.41.